The quantitative estimate of drug-likeness (QED) is 0.606. The summed E-state index contributed by atoms with van der Waals surface area (Å²) in [5.41, 5.74) is 0. The van der Waals surface area contributed by atoms with E-state index in [2.05, 4.69) is 24.1 Å². The third-order valence-corrected chi connectivity index (χ3v) is 4.10. The average molecular weight is 361 g/mol. The molecule has 0 aliphatic carbocycles. The molecule has 0 saturated heterocycles. The van der Waals surface area contributed by atoms with Crippen LogP contribution in [-0.4, -0.2) is 43.6 Å². The topological polar surface area (TPSA) is 41.6 Å². The molecule has 1 rings (SSSR count). The monoisotopic (exact) mass is 360 g/mol. The number of halogens is 2. The van der Waals surface area contributed by atoms with Gasteiger partial charge >= 0.3 is 0 Å². The summed E-state index contributed by atoms with van der Waals surface area (Å²) >= 11 is 11.8. The number of carbonyl (C=O) groups is 1. The lowest BCUT2D eigenvalue weighted by molar-refractivity contribution is -0.121. The minimum atomic E-state index is 0.0651. The first-order valence-corrected chi connectivity index (χ1v) is 8.89. The highest BCUT2D eigenvalue weighted by Crippen LogP contribution is 2.27. The summed E-state index contributed by atoms with van der Waals surface area (Å²) in [5, 5.41) is 4.00. The molecule has 0 aromatic heterocycles. The summed E-state index contributed by atoms with van der Waals surface area (Å²) in [6.45, 7) is 8.59. The predicted octanol–water partition coefficient (Wildman–Crippen LogP) is 4.00. The number of hydrogen-bond donors (Lipinski definition) is 1. The Hall–Kier alpha value is -0.970. The first-order chi connectivity index (χ1) is 11.1. The molecule has 0 aliphatic rings. The molecule has 0 saturated carbocycles. The molecule has 0 bridgehead atoms. The van der Waals surface area contributed by atoms with Crippen molar-refractivity contribution in [2.24, 2.45) is 0 Å². The maximum Gasteiger partial charge on any atom is 0.220 e. The molecule has 1 aromatic rings. The predicted molar refractivity (Wildman–Crippen MR) is 96.6 cm³/mol. The van der Waals surface area contributed by atoms with Crippen molar-refractivity contribution in [3.63, 3.8) is 0 Å². The molecule has 0 fully saturated rings. The SMILES string of the molecule is CCN(CC)CCCNC(=O)CCCOc1ccc(Cl)cc1Cl. The fourth-order valence-corrected chi connectivity index (χ4v) is 2.63. The number of benzene rings is 1. The van der Waals surface area contributed by atoms with Gasteiger partial charge in [-0.05, 0) is 50.7 Å². The Kier molecular flexibility index (Phi) is 10.1. The van der Waals surface area contributed by atoms with Crippen molar-refractivity contribution in [1.29, 1.82) is 0 Å². The second kappa shape index (κ2) is 11.5. The van der Waals surface area contributed by atoms with Gasteiger partial charge in [-0.2, -0.15) is 0 Å². The van der Waals surface area contributed by atoms with Crippen LogP contribution in [0, 0.1) is 0 Å². The lowest BCUT2D eigenvalue weighted by atomic mass is 10.3. The molecule has 1 amide bonds. The number of carbonyl (C=O) groups excluding carboxylic acids is 1. The molecule has 130 valence electrons. The largest absolute Gasteiger partial charge is 0.492 e. The highest BCUT2D eigenvalue weighted by Gasteiger charge is 2.05. The van der Waals surface area contributed by atoms with E-state index < -0.39 is 0 Å². The fraction of sp³-hybridized carbons (Fsp3) is 0.588. The molecule has 0 heterocycles. The van der Waals surface area contributed by atoms with Gasteiger partial charge in [-0.1, -0.05) is 37.0 Å². The Morgan fingerprint density at radius 1 is 1.22 bits per heavy atom. The van der Waals surface area contributed by atoms with Crippen molar-refractivity contribution in [3.8, 4) is 5.75 Å². The van der Waals surface area contributed by atoms with E-state index in [1.165, 1.54) is 0 Å². The Balaban J connectivity index is 2.10. The number of rotatable bonds is 11. The minimum Gasteiger partial charge on any atom is -0.492 e. The standard InChI is InChI=1S/C17H26Cl2N2O2/c1-3-21(4-2)11-6-10-20-17(22)7-5-12-23-16-9-8-14(18)13-15(16)19/h8-9,13H,3-7,10-12H2,1-2H3,(H,20,22). The summed E-state index contributed by atoms with van der Waals surface area (Å²) in [6, 6.07) is 5.10. The van der Waals surface area contributed by atoms with Gasteiger partial charge in [0.25, 0.3) is 0 Å². The summed E-state index contributed by atoms with van der Waals surface area (Å²) in [5.74, 6) is 0.658. The van der Waals surface area contributed by atoms with E-state index in [-0.39, 0.29) is 5.91 Å². The van der Waals surface area contributed by atoms with Gasteiger partial charge in [-0.3, -0.25) is 4.79 Å². The number of nitrogens with one attached hydrogen (secondary N) is 1. The van der Waals surface area contributed by atoms with Gasteiger partial charge in [0, 0.05) is 18.0 Å². The highest BCUT2D eigenvalue weighted by atomic mass is 35.5. The van der Waals surface area contributed by atoms with E-state index in [9.17, 15) is 4.79 Å². The number of hydrogen-bond acceptors (Lipinski definition) is 3. The van der Waals surface area contributed by atoms with Crippen molar-refractivity contribution < 1.29 is 9.53 Å². The highest BCUT2D eigenvalue weighted by molar-refractivity contribution is 6.35. The molecule has 0 unspecified atom stereocenters. The summed E-state index contributed by atoms with van der Waals surface area (Å²) < 4.78 is 5.55. The maximum atomic E-state index is 11.7. The van der Waals surface area contributed by atoms with E-state index in [0.29, 0.717) is 35.2 Å². The van der Waals surface area contributed by atoms with Gasteiger partial charge in [-0.25, -0.2) is 0 Å². The normalized spacial score (nSPS) is 10.8. The van der Waals surface area contributed by atoms with Crippen LogP contribution >= 0.6 is 23.2 Å². The van der Waals surface area contributed by atoms with E-state index in [1.54, 1.807) is 18.2 Å². The number of nitrogens with zero attached hydrogens (tertiary/aromatic N) is 1. The van der Waals surface area contributed by atoms with Crippen molar-refractivity contribution >= 4 is 29.1 Å². The van der Waals surface area contributed by atoms with Gasteiger partial charge in [0.15, 0.2) is 0 Å². The van der Waals surface area contributed by atoms with Crippen LogP contribution in [-0.2, 0) is 4.79 Å². The van der Waals surface area contributed by atoms with Crippen molar-refractivity contribution in [2.45, 2.75) is 33.1 Å². The summed E-state index contributed by atoms with van der Waals surface area (Å²) in [6.07, 6.45) is 2.08. The smallest absolute Gasteiger partial charge is 0.220 e. The van der Waals surface area contributed by atoms with E-state index in [0.717, 1.165) is 32.6 Å². The fourth-order valence-electron chi connectivity index (χ4n) is 2.17. The zero-order valence-corrected chi connectivity index (χ0v) is 15.4. The van der Waals surface area contributed by atoms with Crippen molar-refractivity contribution in [1.82, 2.24) is 10.2 Å². The van der Waals surface area contributed by atoms with Gasteiger partial charge in [0.1, 0.15) is 5.75 Å². The lowest BCUT2D eigenvalue weighted by Crippen LogP contribution is -2.29. The molecular formula is C17H26Cl2N2O2. The molecule has 0 radical (unpaired) electrons. The van der Waals surface area contributed by atoms with Crippen LogP contribution in [0.25, 0.3) is 0 Å². The minimum absolute atomic E-state index is 0.0651. The van der Waals surface area contributed by atoms with Crippen LogP contribution < -0.4 is 10.1 Å². The number of ether oxygens (including phenoxy) is 1. The molecule has 23 heavy (non-hydrogen) atoms. The van der Waals surface area contributed by atoms with E-state index >= 15 is 0 Å². The Bertz CT molecular complexity index is 480. The molecule has 6 heteroatoms. The zero-order chi connectivity index (χ0) is 17.1. The van der Waals surface area contributed by atoms with Gasteiger partial charge < -0.3 is 15.0 Å². The van der Waals surface area contributed by atoms with Gasteiger partial charge in [0.2, 0.25) is 5.91 Å². The average Bonchev–Trinajstić information content (AvgIpc) is 2.53. The molecule has 0 atom stereocenters. The second-order valence-corrected chi connectivity index (χ2v) is 6.10. The molecule has 0 aliphatic heterocycles. The van der Waals surface area contributed by atoms with Gasteiger partial charge in [-0.15, -0.1) is 0 Å². The summed E-state index contributed by atoms with van der Waals surface area (Å²) in [7, 11) is 0. The molecular weight excluding hydrogens is 335 g/mol. The molecule has 0 spiro atoms. The first kappa shape index (κ1) is 20.1. The van der Waals surface area contributed by atoms with Crippen LogP contribution in [0.1, 0.15) is 33.1 Å². The lowest BCUT2D eigenvalue weighted by Gasteiger charge is -2.17. The van der Waals surface area contributed by atoms with Crippen LogP contribution in [0.5, 0.6) is 5.75 Å². The third-order valence-electron chi connectivity index (χ3n) is 3.57. The van der Waals surface area contributed by atoms with Crippen molar-refractivity contribution in [2.75, 3.05) is 32.8 Å². The third kappa shape index (κ3) is 8.45. The Morgan fingerprint density at radius 2 is 1.96 bits per heavy atom. The van der Waals surface area contributed by atoms with Crippen LogP contribution in [0.15, 0.2) is 18.2 Å². The van der Waals surface area contributed by atoms with E-state index in [4.69, 9.17) is 27.9 Å². The molecule has 4 nitrogen and oxygen atoms in total. The molecule has 1 N–H and O–H groups in total. The van der Waals surface area contributed by atoms with Crippen LogP contribution in [0.2, 0.25) is 10.0 Å². The Morgan fingerprint density at radius 3 is 2.61 bits per heavy atom. The van der Waals surface area contributed by atoms with Crippen molar-refractivity contribution in [3.05, 3.63) is 28.2 Å². The zero-order valence-electron chi connectivity index (χ0n) is 13.9. The van der Waals surface area contributed by atoms with Crippen LogP contribution in [0.4, 0.5) is 0 Å². The number of amides is 1. The molecule has 1 aromatic carbocycles. The maximum absolute atomic E-state index is 11.7. The van der Waals surface area contributed by atoms with Crippen LogP contribution in [0.3, 0.4) is 0 Å². The second-order valence-electron chi connectivity index (χ2n) is 5.26. The summed E-state index contributed by atoms with van der Waals surface area (Å²) in [4.78, 5) is 14.1. The van der Waals surface area contributed by atoms with Gasteiger partial charge in [0.05, 0.1) is 11.6 Å². The Labute approximate surface area is 149 Å². The first-order valence-electron chi connectivity index (χ1n) is 8.13. The van der Waals surface area contributed by atoms with E-state index in [1.807, 2.05) is 0 Å².